The number of benzene rings is 3. The average Bonchev–Trinajstić information content (AvgIpc) is 3.28. The number of rotatable bonds is 3. The van der Waals surface area contributed by atoms with Crippen LogP contribution in [0.2, 0.25) is 0 Å². The lowest BCUT2D eigenvalue weighted by Gasteiger charge is -2.22. The molecule has 0 radical (unpaired) electrons. The van der Waals surface area contributed by atoms with E-state index in [1.54, 1.807) is 0 Å². The van der Waals surface area contributed by atoms with Gasteiger partial charge in [0.15, 0.2) is 0 Å². The van der Waals surface area contributed by atoms with E-state index in [1.807, 2.05) is 84.6 Å². The van der Waals surface area contributed by atoms with Crippen LogP contribution in [-0.4, -0.2) is 18.4 Å². The molecule has 0 saturated heterocycles. The van der Waals surface area contributed by atoms with Crippen LogP contribution >= 0.6 is 0 Å². The molecule has 4 heteroatoms. The molecule has 0 aromatic heterocycles. The van der Waals surface area contributed by atoms with Gasteiger partial charge in [-0.05, 0) is 42.7 Å². The van der Waals surface area contributed by atoms with E-state index in [4.69, 9.17) is 0 Å². The van der Waals surface area contributed by atoms with Crippen LogP contribution < -0.4 is 9.80 Å². The van der Waals surface area contributed by atoms with Crippen molar-refractivity contribution in [1.29, 1.82) is 0 Å². The number of hydrogen-bond acceptors (Lipinski definition) is 3. The van der Waals surface area contributed by atoms with Gasteiger partial charge in [0.05, 0.1) is 11.3 Å². The summed E-state index contributed by atoms with van der Waals surface area (Å²) in [6.07, 6.45) is 0.855. The summed E-state index contributed by atoms with van der Waals surface area (Å²) >= 11 is 0. The number of imide groups is 1. The Morgan fingerprint density at radius 1 is 0.759 bits per heavy atom. The van der Waals surface area contributed by atoms with Gasteiger partial charge in [-0.15, -0.1) is 0 Å². The molecule has 2 amide bonds. The molecule has 2 aliphatic rings. The van der Waals surface area contributed by atoms with Crippen LogP contribution in [0.5, 0.6) is 0 Å². The van der Waals surface area contributed by atoms with Crippen molar-refractivity contribution in [3.63, 3.8) is 0 Å². The van der Waals surface area contributed by atoms with Crippen molar-refractivity contribution in [2.75, 3.05) is 16.3 Å². The Morgan fingerprint density at radius 3 is 2.21 bits per heavy atom. The molecule has 4 nitrogen and oxygen atoms in total. The summed E-state index contributed by atoms with van der Waals surface area (Å²) in [4.78, 5) is 30.4. The van der Waals surface area contributed by atoms with E-state index in [9.17, 15) is 9.59 Å². The fourth-order valence-corrected chi connectivity index (χ4v) is 4.13. The van der Waals surface area contributed by atoms with Crippen molar-refractivity contribution in [2.45, 2.75) is 13.3 Å². The molecule has 2 aliphatic heterocycles. The molecular weight excluding hydrogens is 360 g/mol. The number of nitrogens with zero attached hydrogens (tertiary/aromatic N) is 2. The molecule has 0 unspecified atom stereocenters. The second-order valence-corrected chi connectivity index (χ2v) is 7.40. The van der Waals surface area contributed by atoms with Gasteiger partial charge in [0, 0.05) is 12.2 Å². The summed E-state index contributed by atoms with van der Waals surface area (Å²) in [7, 11) is 0. The van der Waals surface area contributed by atoms with Gasteiger partial charge in [-0.1, -0.05) is 66.2 Å². The van der Waals surface area contributed by atoms with Crippen LogP contribution in [0.1, 0.15) is 16.7 Å². The van der Waals surface area contributed by atoms with Crippen LogP contribution in [0.3, 0.4) is 0 Å². The van der Waals surface area contributed by atoms with Crippen molar-refractivity contribution in [2.24, 2.45) is 0 Å². The SMILES string of the molecule is Cc1ccc(N2C(=O)C(c3ccccc3)=C(N3CCc4ccccc43)C2=O)cc1. The van der Waals surface area contributed by atoms with E-state index in [-0.39, 0.29) is 11.8 Å². The largest absolute Gasteiger partial charge is 0.336 e. The average molecular weight is 380 g/mol. The predicted octanol–water partition coefficient (Wildman–Crippen LogP) is 4.34. The van der Waals surface area contributed by atoms with Crippen molar-refractivity contribution >= 4 is 28.8 Å². The standard InChI is InChI=1S/C25H20N2O2/c1-17-11-13-20(14-12-17)27-24(28)22(19-8-3-2-4-9-19)23(25(27)29)26-16-15-18-7-5-6-10-21(18)26/h2-14H,15-16H2,1H3. The number of anilines is 2. The van der Waals surface area contributed by atoms with E-state index in [0.717, 1.165) is 23.2 Å². The lowest BCUT2D eigenvalue weighted by molar-refractivity contribution is -0.120. The van der Waals surface area contributed by atoms with Gasteiger partial charge >= 0.3 is 0 Å². The smallest absolute Gasteiger partial charge is 0.282 e. The van der Waals surface area contributed by atoms with Crippen molar-refractivity contribution in [3.8, 4) is 0 Å². The van der Waals surface area contributed by atoms with Gasteiger partial charge in [0.1, 0.15) is 5.70 Å². The molecule has 5 rings (SSSR count). The summed E-state index contributed by atoms with van der Waals surface area (Å²) in [5.74, 6) is -0.543. The molecule has 0 spiro atoms. The molecule has 2 heterocycles. The first-order chi connectivity index (χ1) is 14.1. The number of carbonyl (C=O) groups excluding carboxylic acids is 2. The summed E-state index contributed by atoms with van der Waals surface area (Å²) < 4.78 is 0. The molecule has 0 saturated carbocycles. The molecule has 0 fully saturated rings. The highest BCUT2D eigenvalue weighted by atomic mass is 16.2. The Bertz CT molecular complexity index is 1150. The van der Waals surface area contributed by atoms with Crippen LogP contribution in [-0.2, 0) is 16.0 Å². The monoisotopic (exact) mass is 380 g/mol. The van der Waals surface area contributed by atoms with Crippen molar-refractivity contribution in [1.82, 2.24) is 0 Å². The molecule has 0 N–H and O–H groups in total. The second kappa shape index (κ2) is 6.74. The van der Waals surface area contributed by atoms with Crippen LogP contribution in [0.25, 0.3) is 5.57 Å². The highest BCUT2D eigenvalue weighted by molar-refractivity contribution is 6.46. The number of hydrogen-bond donors (Lipinski definition) is 0. The number of amides is 2. The Labute approximate surface area is 169 Å². The highest BCUT2D eigenvalue weighted by Crippen LogP contribution is 2.39. The van der Waals surface area contributed by atoms with E-state index in [2.05, 4.69) is 6.07 Å². The van der Waals surface area contributed by atoms with E-state index < -0.39 is 0 Å². The first-order valence-corrected chi connectivity index (χ1v) is 9.76. The quantitative estimate of drug-likeness (QED) is 0.635. The molecule has 0 atom stereocenters. The van der Waals surface area contributed by atoms with Crippen LogP contribution in [0.15, 0.2) is 84.6 Å². The summed E-state index contributed by atoms with van der Waals surface area (Å²) in [6, 6.07) is 25.0. The normalized spacial score (nSPS) is 16.0. The molecular formula is C25H20N2O2. The zero-order valence-corrected chi connectivity index (χ0v) is 16.1. The molecule has 142 valence electrons. The van der Waals surface area contributed by atoms with Gasteiger partial charge < -0.3 is 4.90 Å². The van der Waals surface area contributed by atoms with Crippen LogP contribution in [0, 0.1) is 6.92 Å². The van der Waals surface area contributed by atoms with Gasteiger partial charge in [-0.25, -0.2) is 4.90 Å². The first-order valence-electron chi connectivity index (χ1n) is 9.76. The maximum atomic E-state index is 13.6. The number of carbonyl (C=O) groups is 2. The van der Waals surface area contributed by atoms with Crippen molar-refractivity contribution in [3.05, 3.63) is 101 Å². The fourth-order valence-electron chi connectivity index (χ4n) is 4.13. The zero-order chi connectivity index (χ0) is 20.0. The second-order valence-electron chi connectivity index (χ2n) is 7.40. The fraction of sp³-hybridized carbons (Fsp3) is 0.120. The van der Waals surface area contributed by atoms with E-state index >= 15 is 0 Å². The maximum Gasteiger partial charge on any atom is 0.282 e. The lowest BCUT2D eigenvalue weighted by Crippen LogP contribution is -2.34. The van der Waals surface area contributed by atoms with Crippen molar-refractivity contribution < 1.29 is 9.59 Å². The van der Waals surface area contributed by atoms with E-state index in [1.165, 1.54) is 10.5 Å². The molecule has 3 aromatic carbocycles. The highest BCUT2D eigenvalue weighted by Gasteiger charge is 2.43. The Hall–Kier alpha value is -3.66. The number of fused-ring (bicyclic) bond motifs is 1. The third-order valence-electron chi connectivity index (χ3n) is 5.57. The maximum absolute atomic E-state index is 13.6. The Balaban J connectivity index is 1.68. The zero-order valence-electron chi connectivity index (χ0n) is 16.1. The van der Waals surface area contributed by atoms with Gasteiger partial charge in [0.2, 0.25) is 0 Å². The summed E-state index contributed by atoms with van der Waals surface area (Å²) in [5.41, 5.74) is 5.57. The predicted molar refractivity (Wildman–Crippen MR) is 115 cm³/mol. The lowest BCUT2D eigenvalue weighted by atomic mass is 10.0. The minimum atomic E-state index is -0.274. The molecule has 0 bridgehead atoms. The third kappa shape index (κ3) is 2.76. The van der Waals surface area contributed by atoms with E-state index in [0.29, 0.717) is 23.5 Å². The minimum Gasteiger partial charge on any atom is -0.336 e. The molecule has 29 heavy (non-hydrogen) atoms. The van der Waals surface area contributed by atoms with Gasteiger partial charge in [0.25, 0.3) is 11.8 Å². The topological polar surface area (TPSA) is 40.6 Å². The van der Waals surface area contributed by atoms with Gasteiger partial charge in [-0.3, -0.25) is 9.59 Å². The molecule has 3 aromatic rings. The van der Waals surface area contributed by atoms with Gasteiger partial charge in [-0.2, -0.15) is 0 Å². The number of para-hydroxylation sites is 1. The Kier molecular flexibility index (Phi) is 4.06. The number of aryl methyl sites for hydroxylation is 1. The minimum absolute atomic E-state index is 0.269. The summed E-state index contributed by atoms with van der Waals surface area (Å²) in [5, 5.41) is 0. The van der Waals surface area contributed by atoms with Crippen LogP contribution in [0.4, 0.5) is 11.4 Å². The third-order valence-corrected chi connectivity index (χ3v) is 5.57. The molecule has 0 aliphatic carbocycles. The first kappa shape index (κ1) is 17.4. The summed E-state index contributed by atoms with van der Waals surface area (Å²) in [6.45, 7) is 2.67. The Morgan fingerprint density at radius 2 is 1.45 bits per heavy atom.